The number of anilines is 1. The number of hydrogen-bond donors (Lipinski definition) is 0. The first kappa shape index (κ1) is 14.9. The molecular weight excluding hydrogens is 316 g/mol. The number of ether oxygens (including phenoxy) is 1. The summed E-state index contributed by atoms with van der Waals surface area (Å²) in [6.45, 7) is 5.50. The molecule has 3 nitrogen and oxygen atoms in total. The van der Waals surface area contributed by atoms with Crippen LogP contribution in [0.25, 0.3) is 0 Å². The van der Waals surface area contributed by atoms with Gasteiger partial charge in [0.25, 0.3) is 0 Å². The van der Waals surface area contributed by atoms with E-state index in [1.807, 2.05) is 45.2 Å². The van der Waals surface area contributed by atoms with E-state index >= 15 is 0 Å². The van der Waals surface area contributed by atoms with Crippen LogP contribution in [-0.2, 0) is 6.54 Å². The molecule has 2 rings (SSSR count). The number of hydrogen-bond acceptors (Lipinski definition) is 3. The lowest BCUT2D eigenvalue weighted by molar-refractivity contribution is 0.340. The summed E-state index contributed by atoms with van der Waals surface area (Å²) < 4.78 is 6.49. The highest BCUT2D eigenvalue weighted by Crippen LogP contribution is 2.20. The van der Waals surface area contributed by atoms with E-state index in [0.29, 0.717) is 6.61 Å². The fourth-order valence-corrected chi connectivity index (χ4v) is 2.18. The number of rotatable bonds is 5. The number of nitrogens with zero attached hydrogens (tertiary/aromatic N) is 2. The molecule has 0 aliphatic carbocycles. The molecular formula is C16H19BrN2O. The minimum atomic E-state index is 0.696. The van der Waals surface area contributed by atoms with Crippen molar-refractivity contribution >= 4 is 21.7 Å². The van der Waals surface area contributed by atoms with Crippen LogP contribution >= 0.6 is 15.9 Å². The van der Waals surface area contributed by atoms with Crippen LogP contribution in [0.3, 0.4) is 0 Å². The summed E-state index contributed by atoms with van der Waals surface area (Å²) >= 11 is 3.47. The van der Waals surface area contributed by atoms with Crippen LogP contribution in [0.2, 0.25) is 0 Å². The predicted molar refractivity (Wildman–Crippen MR) is 86.4 cm³/mol. The van der Waals surface area contributed by atoms with Gasteiger partial charge >= 0.3 is 0 Å². The Kier molecular flexibility index (Phi) is 5.01. The van der Waals surface area contributed by atoms with Crippen LogP contribution in [0.4, 0.5) is 5.82 Å². The van der Waals surface area contributed by atoms with Gasteiger partial charge in [-0.3, -0.25) is 0 Å². The largest absolute Gasteiger partial charge is 0.494 e. The lowest BCUT2D eigenvalue weighted by Gasteiger charge is -2.19. The van der Waals surface area contributed by atoms with Gasteiger partial charge in [0.2, 0.25) is 0 Å². The molecule has 0 aliphatic rings. The van der Waals surface area contributed by atoms with Gasteiger partial charge in [0.05, 0.1) is 12.3 Å². The summed E-state index contributed by atoms with van der Waals surface area (Å²) in [6, 6.07) is 12.2. The van der Waals surface area contributed by atoms with Gasteiger partial charge in [0.15, 0.2) is 0 Å². The summed E-state index contributed by atoms with van der Waals surface area (Å²) in [5, 5.41) is 0. The molecule has 0 saturated heterocycles. The SMILES string of the molecule is CCOc1ccc(CN(C)c2ccc(Br)c(C)n2)cc1. The van der Waals surface area contributed by atoms with Crippen molar-refractivity contribution in [3.8, 4) is 5.75 Å². The molecule has 20 heavy (non-hydrogen) atoms. The molecule has 0 aliphatic heterocycles. The molecule has 0 N–H and O–H groups in total. The van der Waals surface area contributed by atoms with E-state index in [9.17, 15) is 0 Å². The fourth-order valence-electron chi connectivity index (χ4n) is 1.96. The van der Waals surface area contributed by atoms with Gasteiger partial charge in [-0.05, 0) is 59.6 Å². The Morgan fingerprint density at radius 1 is 1.15 bits per heavy atom. The van der Waals surface area contributed by atoms with Crippen molar-refractivity contribution in [3.63, 3.8) is 0 Å². The van der Waals surface area contributed by atoms with Gasteiger partial charge in [-0.1, -0.05) is 12.1 Å². The van der Waals surface area contributed by atoms with Crippen molar-refractivity contribution in [2.75, 3.05) is 18.6 Å². The second-order valence-corrected chi connectivity index (χ2v) is 5.52. The maximum absolute atomic E-state index is 5.45. The summed E-state index contributed by atoms with van der Waals surface area (Å²) in [5.41, 5.74) is 2.24. The van der Waals surface area contributed by atoms with Gasteiger partial charge < -0.3 is 9.64 Å². The zero-order valence-electron chi connectivity index (χ0n) is 12.1. The minimum Gasteiger partial charge on any atom is -0.494 e. The van der Waals surface area contributed by atoms with E-state index in [-0.39, 0.29) is 0 Å². The lowest BCUT2D eigenvalue weighted by atomic mass is 10.2. The van der Waals surface area contributed by atoms with Crippen molar-refractivity contribution in [2.45, 2.75) is 20.4 Å². The average molecular weight is 335 g/mol. The highest BCUT2D eigenvalue weighted by Gasteiger charge is 2.05. The van der Waals surface area contributed by atoms with Gasteiger partial charge in [-0.15, -0.1) is 0 Å². The number of aromatic nitrogens is 1. The van der Waals surface area contributed by atoms with Crippen LogP contribution < -0.4 is 9.64 Å². The second-order valence-electron chi connectivity index (χ2n) is 4.67. The zero-order chi connectivity index (χ0) is 14.5. The Hall–Kier alpha value is -1.55. The van der Waals surface area contributed by atoms with Crippen LogP contribution in [-0.4, -0.2) is 18.6 Å². The maximum Gasteiger partial charge on any atom is 0.128 e. The summed E-state index contributed by atoms with van der Waals surface area (Å²) in [4.78, 5) is 6.70. The molecule has 1 aromatic heterocycles. The van der Waals surface area contributed by atoms with Gasteiger partial charge in [-0.2, -0.15) is 0 Å². The highest BCUT2D eigenvalue weighted by molar-refractivity contribution is 9.10. The smallest absolute Gasteiger partial charge is 0.128 e. The molecule has 0 bridgehead atoms. The monoisotopic (exact) mass is 334 g/mol. The Morgan fingerprint density at radius 3 is 2.45 bits per heavy atom. The van der Waals surface area contributed by atoms with E-state index in [1.165, 1.54) is 5.56 Å². The molecule has 0 unspecified atom stereocenters. The number of halogens is 1. The predicted octanol–water partition coefficient (Wildman–Crippen LogP) is 4.19. The molecule has 0 atom stereocenters. The molecule has 0 amide bonds. The number of aryl methyl sites for hydroxylation is 1. The van der Waals surface area contributed by atoms with Crippen molar-refractivity contribution in [1.29, 1.82) is 0 Å². The number of benzene rings is 1. The molecule has 0 saturated carbocycles. The van der Waals surface area contributed by atoms with Crippen LogP contribution in [0.5, 0.6) is 5.75 Å². The average Bonchev–Trinajstić information content (AvgIpc) is 2.44. The molecule has 1 heterocycles. The molecule has 0 fully saturated rings. The molecule has 0 spiro atoms. The minimum absolute atomic E-state index is 0.696. The topological polar surface area (TPSA) is 25.4 Å². The standard InChI is InChI=1S/C16H19BrN2O/c1-4-20-14-7-5-13(6-8-14)11-19(3)16-10-9-15(17)12(2)18-16/h5-10H,4,11H2,1-3H3. The van der Waals surface area contributed by atoms with Crippen molar-refractivity contribution in [3.05, 3.63) is 52.1 Å². The third-order valence-electron chi connectivity index (χ3n) is 3.05. The summed E-state index contributed by atoms with van der Waals surface area (Å²) in [7, 11) is 2.05. The highest BCUT2D eigenvalue weighted by atomic mass is 79.9. The molecule has 106 valence electrons. The number of pyridine rings is 1. The van der Waals surface area contributed by atoms with Crippen molar-refractivity contribution in [2.24, 2.45) is 0 Å². The zero-order valence-corrected chi connectivity index (χ0v) is 13.6. The van der Waals surface area contributed by atoms with E-state index in [0.717, 1.165) is 28.3 Å². The Labute approximate surface area is 128 Å². The fraction of sp³-hybridized carbons (Fsp3) is 0.312. The molecule has 2 aromatic rings. The maximum atomic E-state index is 5.45. The normalized spacial score (nSPS) is 10.4. The van der Waals surface area contributed by atoms with Gasteiger partial charge in [0.1, 0.15) is 11.6 Å². The summed E-state index contributed by atoms with van der Waals surface area (Å²) in [5.74, 6) is 1.89. The van der Waals surface area contributed by atoms with Gasteiger partial charge in [0, 0.05) is 18.1 Å². The van der Waals surface area contributed by atoms with Crippen LogP contribution in [0.1, 0.15) is 18.2 Å². The third kappa shape index (κ3) is 3.73. The molecule has 4 heteroatoms. The Bertz CT molecular complexity index is 569. The molecule has 0 radical (unpaired) electrons. The first-order valence-corrected chi connectivity index (χ1v) is 7.45. The quantitative estimate of drug-likeness (QED) is 0.819. The van der Waals surface area contributed by atoms with E-state index in [4.69, 9.17) is 4.74 Å². The van der Waals surface area contributed by atoms with E-state index < -0.39 is 0 Å². The second kappa shape index (κ2) is 6.75. The van der Waals surface area contributed by atoms with E-state index in [1.54, 1.807) is 0 Å². The Morgan fingerprint density at radius 2 is 1.85 bits per heavy atom. The molecule has 1 aromatic carbocycles. The van der Waals surface area contributed by atoms with Gasteiger partial charge in [-0.25, -0.2) is 4.98 Å². The van der Waals surface area contributed by atoms with E-state index in [2.05, 4.69) is 37.9 Å². The Balaban J connectivity index is 2.06. The first-order chi connectivity index (χ1) is 9.60. The van der Waals surface area contributed by atoms with Crippen molar-refractivity contribution < 1.29 is 4.74 Å². The van der Waals surface area contributed by atoms with Crippen LogP contribution in [0, 0.1) is 6.92 Å². The third-order valence-corrected chi connectivity index (χ3v) is 3.89. The summed E-state index contributed by atoms with van der Waals surface area (Å²) in [6.07, 6.45) is 0. The van der Waals surface area contributed by atoms with Crippen LogP contribution in [0.15, 0.2) is 40.9 Å². The first-order valence-electron chi connectivity index (χ1n) is 6.66. The van der Waals surface area contributed by atoms with Crippen molar-refractivity contribution in [1.82, 2.24) is 4.98 Å². The lowest BCUT2D eigenvalue weighted by Crippen LogP contribution is -2.17.